The van der Waals surface area contributed by atoms with E-state index in [2.05, 4.69) is 16.6 Å². The largest absolute Gasteiger partial charge is 0.465 e. The van der Waals surface area contributed by atoms with E-state index in [9.17, 15) is 4.79 Å². The predicted molar refractivity (Wildman–Crippen MR) is 60.3 cm³/mol. The van der Waals surface area contributed by atoms with Crippen molar-refractivity contribution in [2.75, 3.05) is 7.11 Å². The van der Waals surface area contributed by atoms with Gasteiger partial charge in [-0.15, -0.1) is 11.3 Å². The fourth-order valence-corrected chi connectivity index (χ4v) is 2.26. The van der Waals surface area contributed by atoms with Crippen molar-refractivity contribution in [1.82, 2.24) is 4.98 Å². The number of aromatic nitrogens is 1. The number of hydrogen-bond donors (Lipinski definition) is 0. The Morgan fingerprint density at radius 2 is 2.33 bits per heavy atom. The Bertz CT molecular complexity index is 504. The summed E-state index contributed by atoms with van der Waals surface area (Å²) in [5, 5.41) is 1.09. The Kier molecular flexibility index (Phi) is 2.68. The Labute approximate surface area is 91.7 Å². The molecule has 78 valence electrons. The summed E-state index contributed by atoms with van der Waals surface area (Å²) in [4.78, 5) is 15.7. The highest BCUT2D eigenvalue weighted by molar-refractivity contribution is 7.18. The number of fused-ring (bicyclic) bond motifs is 1. The summed E-state index contributed by atoms with van der Waals surface area (Å²) in [6.45, 7) is 2.07. The molecule has 4 heteroatoms. The molecule has 0 radical (unpaired) electrons. The fourth-order valence-electron chi connectivity index (χ4n) is 1.37. The van der Waals surface area contributed by atoms with Crippen molar-refractivity contribution in [2.24, 2.45) is 0 Å². The van der Waals surface area contributed by atoms with Gasteiger partial charge in [-0.2, -0.15) is 0 Å². The van der Waals surface area contributed by atoms with E-state index in [1.807, 2.05) is 6.07 Å². The number of esters is 1. The number of ether oxygens (including phenoxy) is 1. The summed E-state index contributed by atoms with van der Waals surface area (Å²) < 4.78 is 5.77. The van der Waals surface area contributed by atoms with E-state index in [1.165, 1.54) is 7.11 Å². The van der Waals surface area contributed by atoms with Crippen molar-refractivity contribution in [3.63, 3.8) is 0 Å². The highest BCUT2D eigenvalue weighted by Crippen LogP contribution is 2.23. The molecule has 0 aliphatic rings. The second kappa shape index (κ2) is 3.98. The van der Waals surface area contributed by atoms with E-state index in [-0.39, 0.29) is 5.97 Å². The fraction of sp³-hybridized carbons (Fsp3) is 0.273. The van der Waals surface area contributed by atoms with E-state index in [4.69, 9.17) is 0 Å². The van der Waals surface area contributed by atoms with Crippen molar-refractivity contribution in [1.29, 1.82) is 0 Å². The van der Waals surface area contributed by atoms with Crippen molar-refractivity contribution < 1.29 is 9.53 Å². The molecular weight excluding hydrogens is 210 g/mol. The molecule has 1 heterocycles. The number of benzene rings is 1. The molecule has 0 fully saturated rings. The zero-order chi connectivity index (χ0) is 10.8. The van der Waals surface area contributed by atoms with Gasteiger partial charge in [-0.25, -0.2) is 9.78 Å². The number of nitrogens with zero attached hydrogens (tertiary/aromatic N) is 1. The summed E-state index contributed by atoms with van der Waals surface area (Å²) >= 11 is 1.66. The van der Waals surface area contributed by atoms with Crippen LogP contribution in [-0.4, -0.2) is 18.1 Å². The van der Waals surface area contributed by atoms with Crippen LogP contribution in [0.15, 0.2) is 18.2 Å². The van der Waals surface area contributed by atoms with Crippen molar-refractivity contribution in [3.05, 3.63) is 28.8 Å². The van der Waals surface area contributed by atoms with E-state index in [0.29, 0.717) is 5.56 Å². The SMILES string of the molecule is CCc1nc2cc(C(=O)OC)ccc2s1. The Hall–Kier alpha value is -1.42. The Balaban J connectivity index is 2.50. The quantitative estimate of drug-likeness (QED) is 0.732. The standard InChI is InChI=1S/C11H11NO2S/c1-3-10-12-8-6-7(11(13)14-2)4-5-9(8)15-10/h4-6H,3H2,1-2H3. The van der Waals surface area contributed by atoms with Crippen LogP contribution in [0.3, 0.4) is 0 Å². The third-order valence-corrected chi connectivity index (χ3v) is 3.34. The van der Waals surface area contributed by atoms with Crippen LogP contribution in [0.25, 0.3) is 10.2 Å². The number of hydrogen-bond acceptors (Lipinski definition) is 4. The lowest BCUT2D eigenvalue weighted by Crippen LogP contribution is -2.00. The van der Waals surface area contributed by atoms with Gasteiger partial charge < -0.3 is 4.74 Å². The molecule has 0 saturated heterocycles. The summed E-state index contributed by atoms with van der Waals surface area (Å²) in [6.07, 6.45) is 0.924. The molecule has 1 aromatic heterocycles. The van der Waals surface area contributed by atoms with Crippen LogP contribution in [0.2, 0.25) is 0 Å². The van der Waals surface area contributed by atoms with Crippen molar-refractivity contribution in [2.45, 2.75) is 13.3 Å². The first-order valence-corrected chi connectivity index (χ1v) is 5.54. The van der Waals surface area contributed by atoms with Gasteiger partial charge in [0.15, 0.2) is 0 Å². The van der Waals surface area contributed by atoms with Crippen LogP contribution in [0.4, 0.5) is 0 Å². The number of carbonyl (C=O) groups is 1. The van der Waals surface area contributed by atoms with Crippen molar-refractivity contribution >= 4 is 27.5 Å². The van der Waals surface area contributed by atoms with Crippen molar-refractivity contribution in [3.8, 4) is 0 Å². The maximum atomic E-state index is 11.3. The van der Waals surface area contributed by atoms with Gasteiger partial charge >= 0.3 is 5.97 Å². The van der Waals surface area contributed by atoms with Gasteiger partial charge in [-0.05, 0) is 24.6 Å². The third kappa shape index (κ3) is 1.85. The van der Waals surface area contributed by atoms with Crippen LogP contribution in [-0.2, 0) is 11.2 Å². The number of aryl methyl sites for hydroxylation is 1. The van der Waals surface area contributed by atoms with E-state index in [0.717, 1.165) is 21.6 Å². The molecule has 0 saturated carbocycles. The maximum absolute atomic E-state index is 11.3. The van der Waals surface area contributed by atoms with Crippen LogP contribution in [0.1, 0.15) is 22.3 Å². The zero-order valence-electron chi connectivity index (χ0n) is 8.61. The molecule has 2 rings (SSSR count). The average Bonchev–Trinajstić information content (AvgIpc) is 2.69. The van der Waals surface area contributed by atoms with E-state index in [1.54, 1.807) is 23.5 Å². The molecule has 3 nitrogen and oxygen atoms in total. The summed E-state index contributed by atoms with van der Waals surface area (Å²) in [5.41, 5.74) is 1.43. The van der Waals surface area contributed by atoms with Gasteiger partial charge in [0.05, 0.1) is 27.9 Å². The minimum Gasteiger partial charge on any atom is -0.465 e. The normalized spacial score (nSPS) is 10.5. The van der Waals surface area contributed by atoms with Crippen LogP contribution < -0.4 is 0 Å². The Morgan fingerprint density at radius 3 is 3.00 bits per heavy atom. The number of methoxy groups -OCH3 is 1. The minimum absolute atomic E-state index is 0.317. The summed E-state index contributed by atoms with van der Waals surface area (Å²) in [6, 6.07) is 5.46. The van der Waals surface area contributed by atoms with Gasteiger partial charge in [0, 0.05) is 0 Å². The highest BCUT2D eigenvalue weighted by atomic mass is 32.1. The predicted octanol–water partition coefficient (Wildman–Crippen LogP) is 2.65. The first-order chi connectivity index (χ1) is 7.24. The lowest BCUT2D eigenvalue weighted by atomic mass is 10.2. The van der Waals surface area contributed by atoms with Gasteiger partial charge in [-0.1, -0.05) is 6.92 Å². The summed E-state index contributed by atoms with van der Waals surface area (Å²) in [5.74, 6) is -0.317. The molecule has 0 spiro atoms. The lowest BCUT2D eigenvalue weighted by molar-refractivity contribution is 0.0601. The van der Waals surface area contributed by atoms with Crippen LogP contribution in [0, 0.1) is 0 Å². The molecule has 0 bridgehead atoms. The number of carbonyl (C=O) groups excluding carboxylic acids is 1. The number of thiazole rings is 1. The average molecular weight is 221 g/mol. The highest BCUT2D eigenvalue weighted by Gasteiger charge is 2.08. The van der Waals surface area contributed by atoms with Crippen LogP contribution >= 0.6 is 11.3 Å². The number of rotatable bonds is 2. The minimum atomic E-state index is -0.317. The Morgan fingerprint density at radius 1 is 1.53 bits per heavy atom. The zero-order valence-corrected chi connectivity index (χ0v) is 9.43. The summed E-state index contributed by atoms with van der Waals surface area (Å²) in [7, 11) is 1.38. The lowest BCUT2D eigenvalue weighted by Gasteiger charge is -1.97. The molecule has 2 aromatic rings. The first kappa shape index (κ1) is 10.1. The smallest absolute Gasteiger partial charge is 0.337 e. The molecule has 0 aliphatic carbocycles. The van der Waals surface area contributed by atoms with Gasteiger partial charge in [0.2, 0.25) is 0 Å². The maximum Gasteiger partial charge on any atom is 0.337 e. The van der Waals surface area contributed by atoms with E-state index < -0.39 is 0 Å². The second-order valence-electron chi connectivity index (χ2n) is 3.14. The molecule has 0 unspecified atom stereocenters. The molecule has 0 atom stereocenters. The first-order valence-electron chi connectivity index (χ1n) is 4.72. The van der Waals surface area contributed by atoms with E-state index >= 15 is 0 Å². The molecule has 0 amide bonds. The molecule has 1 aromatic carbocycles. The second-order valence-corrected chi connectivity index (χ2v) is 4.25. The third-order valence-electron chi connectivity index (χ3n) is 2.16. The molecule has 15 heavy (non-hydrogen) atoms. The molecule has 0 aliphatic heterocycles. The molecule has 0 N–H and O–H groups in total. The molecular formula is C11H11NO2S. The topological polar surface area (TPSA) is 39.2 Å². The van der Waals surface area contributed by atoms with Gasteiger partial charge in [0.1, 0.15) is 0 Å². The van der Waals surface area contributed by atoms with Gasteiger partial charge in [-0.3, -0.25) is 0 Å². The monoisotopic (exact) mass is 221 g/mol. The van der Waals surface area contributed by atoms with Crippen LogP contribution in [0.5, 0.6) is 0 Å². The van der Waals surface area contributed by atoms with Gasteiger partial charge in [0.25, 0.3) is 0 Å².